The van der Waals surface area contributed by atoms with E-state index in [9.17, 15) is 0 Å². The van der Waals surface area contributed by atoms with Gasteiger partial charge in [0.15, 0.2) is 0 Å². The molecule has 0 aromatic heterocycles. The molecular weight excluding hydrogens is 238 g/mol. The first-order valence-corrected chi connectivity index (χ1v) is 6.00. The summed E-state index contributed by atoms with van der Waals surface area (Å²) in [7, 11) is 0. The summed E-state index contributed by atoms with van der Waals surface area (Å²) >= 11 is 3.62. The first-order chi connectivity index (χ1) is 6.74. The van der Waals surface area contributed by atoms with Gasteiger partial charge in [0.1, 0.15) is 0 Å². The van der Waals surface area contributed by atoms with Crippen LogP contribution in [0.25, 0.3) is 0 Å². The maximum absolute atomic E-state index is 5.78. The van der Waals surface area contributed by atoms with E-state index in [-0.39, 0.29) is 0 Å². The molecule has 0 saturated heterocycles. The summed E-state index contributed by atoms with van der Waals surface area (Å²) in [6, 6.07) is 6.50. The molecule has 76 valence electrons. The van der Waals surface area contributed by atoms with Crippen LogP contribution in [-0.2, 0) is 6.42 Å². The van der Waals surface area contributed by atoms with E-state index in [1.165, 1.54) is 28.4 Å². The Kier molecular flexibility index (Phi) is 2.93. The van der Waals surface area contributed by atoms with Crippen LogP contribution in [0.15, 0.2) is 22.7 Å². The van der Waals surface area contributed by atoms with Crippen LogP contribution in [0.2, 0.25) is 0 Å². The first kappa shape index (κ1) is 10.2. The molecule has 2 rings (SSSR count). The molecule has 0 amide bonds. The summed E-state index contributed by atoms with van der Waals surface area (Å²) in [5, 5.41) is 0. The van der Waals surface area contributed by atoms with Crippen LogP contribution in [0.5, 0.6) is 0 Å². The van der Waals surface area contributed by atoms with E-state index in [1.807, 2.05) is 0 Å². The Balaban J connectivity index is 2.41. The van der Waals surface area contributed by atoms with Gasteiger partial charge >= 0.3 is 0 Å². The van der Waals surface area contributed by atoms with Crippen LogP contribution in [0.3, 0.4) is 0 Å². The zero-order valence-electron chi connectivity index (χ0n) is 8.46. The minimum absolute atomic E-state index is 0.612. The number of fused-ring (bicyclic) bond motifs is 1. The molecule has 0 aliphatic heterocycles. The molecule has 2 N–H and O–H groups in total. The molecule has 1 nitrogen and oxygen atoms in total. The summed E-state index contributed by atoms with van der Waals surface area (Å²) in [6.07, 6.45) is 2.40. The van der Waals surface area contributed by atoms with Gasteiger partial charge in [0.25, 0.3) is 0 Å². The SMILES string of the molecule is CC1c2cccc(Br)c2CCC1CN. The molecule has 0 heterocycles. The average Bonchev–Trinajstić information content (AvgIpc) is 2.20. The predicted molar refractivity (Wildman–Crippen MR) is 63.4 cm³/mol. The molecule has 0 bridgehead atoms. The topological polar surface area (TPSA) is 26.0 Å². The fourth-order valence-corrected chi connectivity index (χ4v) is 3.00. The Morgan fingerprint density at radius 1 is 1.50 bits per heavy atom. The molecule has 2 atom stereocenters. The number of hydrogen-bond acceptors (Lipinski definition) is 1. The third kappa shape index (κ3) is 1.61. The zero-order chi connectivity index (χ0) is 10.1. The van der Waals surface area contributed by atoms with E-state index >= 15 is 0 Å². The van der Waals surface area contributed by atoms with Gasteiger partial charge in [0.05, 0.1) is 0 Å². The van der Waals surface area contributed by atoms with Gasteiger partial charge < -0.3 is 5.73 Å². The summed E-state index contributed by atoms with van der Waals surface area (Å²) in [5.74, 6) is 1.28. The second-order valence-corrected chi connectivity index (χ2v) is 4.99. The van der Waals surface area contributed by atoms with Crippen LogP contribution in [0.1, 0.15) is 30.4 Å². The Labute approximate surface area is 93.8 Å². The molecule has 1 aromatic rings. The minimum atomic E-state index is 0.612. The van der Waals surface area contributed by atoms with E-state index in [0.717, 1.165) is 6.54 Å². The van der Waals surface area contributed by atoms with Crippen molar-refractivity contribution in [2.45, 2.75) is 25.7 Å². The maximum atomic E-state index is 5.78. The standard InChI is InChI=1S/C12H16BrN/c1-8-9(7-14)5-6-11-10(8)3-2-4-12(11)13/h2-4,8-9H,5-7,14H2,1H3. The van der Waals surface area contributed by atoms with Gasteiger partial charge in [-0.15, -0.1) is 0 Å². The molecule has 2 heteroatoms. The van der Waals surface area contributed by atoms with Crippen molar-refractivity contribution in [3.05, 3.63) is 33.8 Å². The Morgan fingerprint density at radius 3 is 3.00 bits per heavy atom. The third-order valence-corrected chi connectivity index (χ3v) is 4.16. The van der Waals surface area contributed by atoms with E-state index in [1.54, 1.807) is 0 Å². The van der Waals surface area contributed by atoms with Crippen molar-refractivity contribution in [2.75, 3.05) is 6.54 Å². The van der Waals surface area contributed by atoms with Crippen LogP contribution < -0.4 is 5.73 Å². The van der Waals surface area contributed by atoms with Crippen molar-refractivity contribution < 1.29 is 0 Å². The largest absolute Gasteiger partial charge is 0.330 e. The Bertz CT molecular complexity index is 335. The maximum Gasteiger partial charge on any atom is 0.0210 e. The van der Waals surface area contributed by atoms with Crippen molar-refractivity contribution in [1.82, 2.24) is 0 Å². The predicted octanol–water partition coefficient (Wildman–Crippen LogP) is 3.07. The van der Waals surface area contributed by atoms with Gasteiger partial charge in [0.2, 0.25) is 0 Å². The molecule has 0 saturated carbocycles. The van der Waals surface area contributed by atoms with Gasteiger partial charge in [-0.3, -0.25) is 0 Å². The van der Waals surface area contributed by atoms with Gasteiger partial charge in [-0.25, -0.2) is 0 Å². The van der Waals surface area contributed by atoms with Crippen molar-refractivity contribution >= 4 is 15.9 Å². The van der Waals surface area contributed by atoms with Crippen LogP contribution in [-0.4, -0.2) is 6.54 Å². The van der Waals surface area contributed by atoms with Gasteiger partial charge in [-0.2, -0.15) is 0 Å². The van der Waals surface area contributed by atoms with Crippen LogP contribution in [0.4, 0.5) is 0 Å². The minimum Gasteiger partial charge on any atom is -0.330 e. The van der Waals surface area contributed by atoms with E-state index in [0.29, 0.717) is 11.8 Å². The number of halogens is 1. The summed E-state index contributed by atoms with van der Waals surface area (Å²) in [5.41, 5.74) is 8.75. The van der Waals surface area contributed by atoms with E-state index in [4.69, 9.17) is 5.73 Å². The lowest BCUT2D eigenvalue weighted by Gasteiger charge is -2.30. The number of benzene rings is 1. The number of rotatable bonds is 1. The molecule has 0 radical (unpaired) electrons. The van der Waals surface area contributed by atoms with Crippen LogP contribution in [0, 0.1) is 5.92 Å². The third-order valence-electron chi connectivity index (χ3n) is 3.42. The lowest BCUT2D eigenvalue weighted by atomic mass is 9.76. The molecule has 0 spiro atoms. The zero-order valence-corrected chi connectivity index (χ0v) is 10.0. The Hall–Kier alpha value is -0.340. The summed E-state index contributed by atoms with van der Waals surface area (Å²) in [4.78, 5) is 0. The van der Waals surface area contributed by atoms with Gasteiger partial charge in [0, 0.05) is 4.47 Å². The molecule has 14 heavy (non-hydrogen) atoms. The summed E-state index contributed by atoms with van der Waals surface area (Å²) < 4.78 is 1.26. The molecule has 1 aromatic carbocycles. The van der Waals surface area contributed by atoms with E-state index < -0.39 is 0 Å². The van der Waals surface area contributed by atoms with Crippen molar-refractivity contribution in [3.63, 3.8) is 0 Å². The normalized spacial score (nSPS) is 25.9. The first-order valence-electron chi connectivity index (χ1n) is 5.21. The smallest absolute Gasteiger partial charge is 0.0210 e. The van der Waals surface area contributed by atoms with Gasteiger partial charge in [-0.05, 0) is 48.4 Å². The van der Waals surface area contributed by atoms with Crippen molar-refractivity contribution in [2.24, 2.45) is 11.7 Å². The summed E-state index contributed by atoms with van der Waals surface area (Å²) in [6.45, 7) is 3.11. The molecule has 2 unspecified atom stereocenters. The highest BCUT2D eigenvalue weighted by molar-refractivity contribution is 9.10. The lowest BCUT2D eigenvalue weighted by Crippen LogP contribution is -2.25. The van der Waals surface area contributed by atoms with Crippen molar-refractivity contribution in [1.29, 1.82) is 0 Å². The van der Waals surface area contributed by atoms with Crippen molar-refractivity contribution in [3.8, 4) is 0 Å². The monoisotopic (exact) mass is 253 g/mol. The number of hydrogen-bond donors (Lipinski definition) is 1. The quantitative estimate of drug-likeness (QED) is 0.818. The highest BCUT2D eigenvalue weighted by atomic mass is 79.9. The second-order valence-electron chi connectivity index (χ2n) is 4.13. The average molecular weight is 254 g/mol. The fraction of sp³-hybridized carbons (Fsp3) is 0.500. The molecule has 0 fully saturated rings. The molecular formula is C12H16BrN. The number of nitrogens with two attached hydrogens (primary N) is 1. The highest BCUT2D eigenvalue weighted by Gasteiger charge is 2.25. The van der Waals surface area contributed by atoms with Crippen LogP contribution >= 0.6 is 15.9 Å². The second kappa shape index (κ2) is 4.03. The lowest BCUT2D eigenvalue weighted by molar-refractivity contribution is 0.400. The molecule has 1 aliphatic carbocycles. The van der Waals surface area contributed by atoms with E-state index in [2.05, 4.69) is 41.1 Å². The molecule has 1 aliphatic rings. The Morgan fingerprint density at radius 2 is 2.29 bits per heavy atom. The highest BCUT2D eigenvalue weighted by Crippen LogP contribution is 2.38. The fourth-order valence-electron chi connectivity index (χ4n) is 2.42. The van der Waals surface area contributed by atoms with Gasteiger partial charge in [-0.1, -0.05) is 35.0 Å².